The fourth-order valence-electron chi connectivity index (χ4n) is 2.75. The summed E-state index contributed by atoms with van der Waals surface area (Å²) in [5.41, 5.74) is 0.131. The van der Waals surface area contributed by atoms with Gasteiger partial charge in [-0.05, 0) is 39.2 Å². The number of nitro groups is 1. The number of nitro benzene ring substituents is 1. The molecular formula is C15H21N3O4. The van der Waals surface area contributed by atoms with Gasteiger partial charge in [-0.2, -0.15) is 5.10 Å². The molecule has 1 saturated heterocycles. The molecule has 2 rings (SSSR count). The molecule has 1 N–H and O–H groups in total. The van der Waals surface area contributed by atoms with E-state index in [9.17, 15) is 15.2 Å². The van der Waals surface area contributed by atoms with Crippen LogP contribution in [0.4, 0.5) is 5.69 Å². The third-order valence-corrected chi connectivity index (χ3v) is 3.98. The molecule has 0 amide bonds. The molecule has 22 heavy (non-hydrogen) atoms. The highest BCUT2D eigenvalue weighted by molar-refractivity contribution is 5.83. The van der Waals surface area contributed by atoms with E-state index in [1.165, 1.54) is 25.7 Å². The van der Waals surface area contributed by atoms with Gasteiger partial charge in [0.1, 0.15) is 0 Å². The van der Waals surface area contributed by atoms with Crippen LogP contribution in [0.2, 0.25) is 0 Å². The molecule has 0 unspecified atom stereocenters. The molecule has 7 nitrogen and oxygen atoms in total. The molecule has 1 aromatic carbocycles. The van der Waals surface area contributed by atoms with Crippen LogP contribution in [0.25, 0.3) is 0 Å². The van der Waals surface area contributed by atoms with E-state index in [1.807, 2.05) is 5.01 Å². The number of hydrogen-bond acceptors (Lipinski definition) is 6. The zero-order valence-electron chi connectivity index (χ0n) is 13.0. The molecule has 7 heteroatoms. The number of ether oxygens (including phenoxy) is 1. The van der Waals surface area contributed by atoms with Crippen LogP contribution in [-0.4, -0.2) is 40.4 Å². The highest BCUT2D eigenvalue weighted by Crippen LogP contribution is 2.36. The van der Waals surface area contributed by atoms with E-state index in [0.29, 0.717) is 17.6 Å². The van der Waals surface area contributed by atoms with Gasteiger partial charge in [-0.15, -0.1) is 0 Å². The highest BCUT2D eigenvalue weighted by atomic mass is 16.6. The third kappa shape index (κ3) is 3.29. The second-order valence-corrected chi connectivity index (χ2v) is 5.60. The van der Waals surface area contributed by atoms with E-state index < -0.39 is 10.7 Å². The number of aromatic hydroxyl groups is 1. The number of nitrogens with zero attached hydrogens (tertiary/aromatic N) is 3. The Morgan fingerprint density at radius 3 is 2.59 bits per heavy atom. The summed E-state index contributed by atoms with van der Waals surface area (Å²) in [5.74, 6) is -0.403. The number of rotatable bonds is 4. The molecule has 0 bridgehead atoms. The van der Waals surface area contributed by atoms with Crippen molar-refractivity contribution in [3.8, 4) is 11.5 Å². The summed E-state index contributed by atoms with van der Waals surface area (Å²) >= 11 is 0. The topological polar surface area (TPSA) is 88.2 Å². The lowest BCUT2D eigenvalue weighted by atomic mass is 10.00. The number of phenols is 1. The Kier molecular flexibility index (Phi) is 4.85. The molecular weight excluding hydrogens is 286 g/mol. The quantitative estimate of drug-likeness (QED) is 0.525. The molecule has 0 spiro atoms. The molecule has 1 aliphatic rings. The van der Waals surface area contributed by atoms with Gasteiger partial charge in [-0.3, -0.25) is 15.1 Å². The molecule has 0 aliphatic carbocycles. The number of phenolic OH excluding ortho intramolecular Hbond substituents is 1. The van der Waals surface area contributed by atoms with Crippen molar-refractivity contribution in [3.05, 3.63) is 27.8 Å². The molecule has 1 fully saturated rings. The van der Waals surface area contributed by atoms with Crippen molar-refractivity contribution in [1.82, 2.24) is 5.01 Å². The number of hydrogen-bond donors (Lipinski definition) is 1. The number of hydrazone groups is 1. The molecule has 0 radical (unpaired) electrons. The lowest BCUT2D eigenvalue weighted by Gasteiger charge is -2.36. The molecule has 1 heterocycles. The van der Waals surface area contributed by atoms with Gasteiger partial charge >= 0.3 is 5.69 Å². The minimum Gasteiger partial charge on any atom is -0.500 e. The fourth-order valence-corrected chi connectivity index (χ4v) is 2.75. The van der Waals surface area contributed by atoms with Crippen LogP contribution in [0.15, 0.2) is 17.2 Å². The molecule has 2 atom stereocenters. The van der Waals surface area contributed by atoms with Gasteiger partial charge < -0.3 is 9.84 Å². The zero-order chi connectivity index (χ0) is 16.3. The van der Waals surface area contributed by atoms with E-state index in [2.05, 4.69) is 18.9 Å². The van der Waals surface area contributed by atoms with E-state index in [0.717, 1.165) is 12.8 Å². The monoisotopic (exact) mass is 307 g/mol. The van der Waals surface area contributed by atoms with Crippen molar-refractivity contribution < 1.29 is 14.8 Å². The van der Waals surface area contributed by atoms with E-state index in [4.69, 9.17) is 4.74 Å². The second kappa shape index (κ2) is 6.64. The van der Waals surface area contributed by atoms with Gasteiger partial charge in [0, 0.05) is 23.7 Å². The van der Waals surface area contributed by atoms with Gasteiger partial charge in [0.05, 0.1) is 18.2 Å². The first-order chi connectivity index (χ1) is 10.4. The van der Waals surface area contributed by atoms with Crippen LogP contribution in [-0.2, 0) is 0 Å². The van der Waals surface area contributed by atoms with Crippen LogP contribution in [0.1, 0.15) is 38.7 Å². The van der Waals surface area contributed by atoms with Crippen LogP contribution in [0.5, 0.6) is 11.5 Å². The first-order valence-electron chi connectivity index (χ1n) is 7.31. The van der Waals surface area contributed by atoms with E-state index >= 15 is 0 Å². The summed E-state index contributed by atoms with van der Waals surface area (Å²) in [6.45, 7) is 4.24. The maximum absolute atomic E-state index is 11.0. The smallest absolute Gasteiger partial charge is 0.315 e. The van der Waals surface area contributed by atoms with Gasteiger partial charge in [-0.25, -0.2) is 0 Å². The first-order valence-corrected chi connectivity index (χ1v) is 7.31. The summed E-state index contributed by atoms with van der Waals surface area (Å²) in [7, 11) is 1.36. The summed E-state index contributed by atoms with van der Waals surface area (Å²) in [4.78, 5) is 10.3. The molecule has 0 saturated carbocycles. The predicted octanol–water partition coefficient (Wildman–Crippen LogP) is 2.91. The minimum absolute atomic E-state index is 0.0652. The predicted molar refractivity (Wildman–Crippen MR) is 83.5 cm³/mol. The van der Waals surface area contributed by atoms with Crippen molar-refractivity contribution in [1.29, 1.82) is 0 Å². The Morgan fingerprint density at radius 1 is 1.41 bits per heavy atom. The molecule has 120 valence electrons. The number of methoxy groups -OCH3 is 1. The Bertz CT molecular complexity index is 578. The zero-order valence-corrected chi connectivity index (χ0v) is 13.0. The van der Waals surface area contributed by atoms with Crippen molar-refractivity contribution in [2.45, 2.75) is 45.2 Å². The molecule has 0 aromatic heterocycles. The maximum atomic E-state index is 11.0. The summed E-state index contributed by atoms with van der Waals surface area (Å²) in [6.07, 6.45) is 4.93. The number of piperidine rings is 1. The van der Waals surface area contributed by atoms with Crippen molar-refractivity contribution >= 4 is 11.9 Å². The van der Waals surface area contributed by atoms with Crippen molar-refractivity contribution in [3.63, 3.8) is 0 Å². The van der Waals surface area contributed by atoms with Crippen LogP contribution >= 0.6 is 0 Å². The normalized spacial score (nSPS) is 22.0. The summed E-state index contributed by atoms with van der Waals surface area (Å²) in [6, 6.07) is 3.51. The lowest BCUT2D eigenvalue weighted by Crippen LogP contribution is -2.39. The highest BCUT2D eigenvalue weighted by Gasteiger charge is 2.23. The fraction of sp³-hybridized carbons (Fsp3) is 0.533. The van der Waals surface area contributed by atoms with Crippen molar-refractivity contribution in [2.24, 2.45) is 5.10 Å². The minimum atomic E-state index is -0.638. The second-order valence-electron chi connectivity index (χ2n) is 5.60. The largest absolute Gasteiger partial charge is 0.500 e. The Labute approximate surface area is 129 Å². The average molecular weight is 307 g/mol. The van der Waals surface area contributed by atoms with Gasteiger partial charge in [0.2, 0.25) is 5.75 Å². The van der Waals surface area contributed by atoms with Crippen molar-refractivity contribution in [2.75, 3.05) is 7.11 Å². The third-order valence-electron chi connectivity index (χ3n) is 3.98. The summed E-state index contributed by atoms with van der Waals surface area (Å²) < 4.78 is 4.98. The van der Waals surface area contributed by atoms with E-state index in [1.54, 1.807) is 6.21 Å². The summed E-state index contributed by atoms with van der Waals surface area (Å²) in [5, 5.41) is 27.2. The molecule has 1 aromatic rings. The molecule has 1 aliphatic heterocycles. The SMILES string of the molecule is COc1cc(/C=N/N2[C@@H](C)CCC[C@@H]2C)cc([N+](=O)[O-])c1O. The standard InChI is InChI=1S/C15H21N3O4/c1-10-5-4-6-11(2)17(10)16-9-12-7-13(18(20)21)15(19)14(8-12)22-3/h7-11,19H,4-6H2,1-3H3/b16-9+/t10-,11-/m0/s1. The van der Waals surface area contributed by atoms with Gasteiger partial charge in [-0.1, -0.05) is 0 Å². The van der Waals surface area contributed by atoms with Crippen LogP contribution in [0.3, 0.4) is 0 Å². The first kappa shape index (κ1) is 16.1. The average Bonchev–Trinajstić information content (AvgIpc) is 2.47. The van der Waals surface area contributed by atoms with Crippen LogP contribution < -0.4 is 4.74 Å². The number of benzene rings is 1. The Morgan fingerprint density at radius 2 is 2.05 bits per heavy atom. The Hall–Kier alpha value is -2.31. The van der Waals surface area contributed by atoms with Crippen LogP contribution in [0, 0.1) is 10.1 Å². The Balaban J connectivity index is 2.30. The van der Waals surface area contributed by atoms with Gasteiger partial charge in [0.15, 0.2) is 5.75 Å². The maximum Gasteiger partial charge on any atom is 0.315 e. The van der Waals surface area contributed by atoms with E-state index in [-0.39, 0.29) is 11.4 Å². The van der Waals surface area contributed by atoms with Gasteiger partial charge in [0.25, 0.3) is 0 Å². The lowest BCUT2D eigenvalue weighted by molar-refractivity contribution is -0.386.